The number of halogens is 1. The van der Waals surface area contributed by atoms with Gasteiger partial charge in [-0.05, 0) is 43.2 Å². The van der Waals surface area contributed by atoms with Gasteiger partial charge in [0.1, 0.15) is 12.7 Å². The maximum absolute atomic E-state index is 15.3. The number of alkyl carbamates (subject to hydrolysis) is 1. The molecule has 1 fully saturated rings. The van der Waals surface area contributed by atoms with Crippen LogP contribution in [0.4, 0.5) is 20.6 Å². The Bertz CT molecular complexity index is 1020. The summed E-state index contributed by atoms with van der Waals surface area (Å²) in [7, 11) is 0. The number of carbonyl (C=O) groups is 1. The highest BCUT2D eigenvalue weighted by Crippen LogP contribution is 2.29. The first kappa shape index (κ1) is 21.9. The van der Waals surface area contributed by atoms with Crippen LogP contribution in [0.1, 0.15) is 22.3 Å². The summed E-state index contributed by atoms with van der Waals surface area (Å²) in [6.07, 6.45) is -0.945. The summed E-state index contributed by atoms with van der Waals surface area (Å²) in [4.78, 5) is 15.6. The van der Waals surface area contributed by atoms with Gasteiger partial charge in [-0.3, -0.25) is 10.7 Å². The van der Waals surface area contributed by atoms with E-state index in [0.717, 1.165) is 5.69 Å². The lowest BCUT2D eigenvalue weighted by Crippen LogP contribution is -2.47. The van der Waals surface area contributed by atoms with E-state index in [4.69, 9.17) is 15.9 Å². The maximum Gasteiger partial charge on any atom is 0.414 e. The summed E-state index contributed by atoms with van der Waals surface area (Å²) in [5.74, 6) is -1.15. The molecule has 1 amide bonds. The zero-order valence-corrected chi connectivity index (χ0v) is 17.5. The van der Waals surface area contributed by atoms with Crippen LogP contribution >= 0.6 is 0 Å². The van der Waals surface area contributed by atoms with E-state index >= 15 is 4.39 Å². The van der Waals surface area contributed by atoms with Gasteiger partial charge in [0.2, 0.25) is 0 Å². The largest absolute Gasteiger partial charge is 0.444 e. The number of piperazine rings is 1. The van der Waals surface area contributed by atoms with E-state index in [9.17, 15) is 10.1 Å². The molecule has 3 rings (SSSR count). The number of hydrogen-bond donors (Lipinski definition) is 3. The minimum absolute atomic E-state index is 0.143. The SMILES string of the molecule is Cc1cc(C)cc(N2CCN(c3c(C#N)ccc(COC(=O)NC(=N)N)c3F)CC2)c1. The van der Waals surface area contributed by atoms with Crippen LogP contribution < -0.4 is 20.9 Å². The molecular formula is C22H25FN6O2. The topological polar surface area (TPSA) is 118 Å². The summed E-state index contributed by atoms with van der Waals surface area (Å²) in [6, 6.07) is 11.4. The van der Waals surface area contributed by atoms with Gasteiger partial charge in [-0.25, -0.2) is 9.18 Å². The van der Waals surface area contributed by atoms with Gasteiger partial charge >= 0.3 is 6.09 Å². The molecule has 0 atom stereocenters. The number of guanidine groups is 1. The fourth-order valence-corrected chi connectivity index (χ4v) is 3.73. The normalized spacial score (nSPS) is 13.5. The molecule has 0 spiro atoms. The average Bonchev–Trinajstić information content (AvgIpc) is 2.71. The van der Waals surface area contributed by atoms with Gasteiger partial charge in [-0.1, -0.05) is 12.1 Å². The van der Waals surface area contributed by atoms with Crippen LogP contribution in [-0.2, 0) is 11.3 Å². The third-order valence-corrected chi connectivity index (χ3v) is 5.08. The molecule has 0 aliphatic carbocycles. The molecule has 1 aliphatic rings. The summed E-state index contributed by atoms with van der Waals surface area (Å²) < 4.78 is 20.2. The van der Waals surface area contributed by atoms with Crippen molar-refractivity contribution in [2.45, 2.75) is 20.5 Å². The molecule has 4 N–H and O–H groups in total. The smallest absolute Gasteiger partial charge is 0.414 e. The highest BCUT2D eigenvalue weighted by atomic mass is 19.1. The molecule has 1 heterocycles. The number of carbonyl (C=O) groups excluding carboxylic acids is 1. The van der Waals surface area contributed by atoms with Crippen LogP contribution in [0.15, 0.2) is 30.3 Å². The first-order valence-electron chi connectivity index (χ1n) is 9.86. The Morgan fingerprint density at radius 3 is 2.39 bits per heavy atom. The van der Waals surface area contributed by atoms with Crippen LogP contribution in [0, 0.1) is 36.4 Å². The monoisotopic (exact) mass is 424 g/mol. The number of nitriles is 1. The molecule has 2 aromatic carbocycles. The molecule has 2 aromatic rings. The molecular weight excluding hydrogens is 399 g/mol. The lowest BCUT2D eigenvalue weighted by atomic mass is 10.1. The number of nitrogens with one attached hydrogen (secondary N) is 2. The third kappa shape index (κ3) is 5.22. The lowest BCUT2D eigenvalue weighted by molar-refractivity contribution is 0.143. The number of hydrogen-bond acceptors (Lipinski definition) is 6. The third-order valence-electron chi connectivity index (χ3n) is 5.08. The van der Waals surface area contributed by atoms with E-state index in [1.165, 1.54) is 23.3 Å². The van der Waals surface area contributed by atoms with Gasteiger partial charge < -0.3 is 20.3 Å². The number of amides is 1. The lowest BCUT2D eigenvalue weighted by Gasteiger charge is -2.38. The van der Waals surface area contributed by atoms with Crippen LogP contribution in [0.3, 0.4) is 0 Å². The summed E-state index contributed by atoms with van der Waals surface area (Å²) >= 11 is 0. The van der Waals surface area contributed by atoms with Crippen molar-refractivity contribution in [1.29, 1.82) is 10.7 Å². The van der Waals surface area contributed by atoms with Gasteiger partial charge in [0.15, 0.2) is 11.8 Å². The van der Waals surface area contributed by atoms with Crippen LogP contribution in [0.25, 0.3) is 0 Å². The van der Waals surface area contributed by atoms with E-state index in [1.807, 2.05) is 16.3 Å². The number of anilines is 2. The predicted molar refractivity (Wildman–Crippen MR) is 117 cm³/mol. The summed E-state index contributed by atoms with van der Waals surface area (Å²) in [6.45, 7) is 6.26. The standard InChI is InChI=1S/C22H25FN6O2/c1-14-9-15(2)11-18(10-14)28-5-7-29(8-6-28)20-16(12-24)3-4-17(19(20)23)13-31-22(30)27-21(25)26/h3-4,9-11H,5-8,13H2,1-2H3,(H4,25,26,27,30). The van der Waals surface area contributed by atoms with E-state index in [1.54, 1.807) is 0 Å². The quantitative estimate of drug-likeness (QED) is 0.513. The van der Waals surface area contributed by atoms with Gasteiger partial charge in [-0.15, -0.1) is 0 Å². The second kappa shape index (κ2) is 9.34. The Hall–Kier alpha value is -3.80. The molecule has 9 heteroatoms. The summed E-state index contributed by atoms with van der Waals surface area (Å²) in [5, 5.41) is 18.5. The van der Waals surface area contributed by atoms with Crippen molar-refractivity contribution in [3.63, 3.8) is 0 Å². The molecule has 0 bridgehead atoms. The molecule has 1 aliphatic heterocycles. The molecule has 162 valence electrons. The molecule has 0 aromatic heterocycles. The van der Waals surface area contributed by atoms with Crippen molar-refractivity contribution in [2.24, 2.45) is 5.73 Å². The molecule has 1 saturated heterocycles. The molecule has 8 nitrogen and oxygen atoms in total. The number of rotatable bonds is 4. The zero-order chi connectivity index (χ0) is 22.5. The number of nitrogens with two attached hydrogens (primary N) is 1. The summed E-state index contributed by atoms with van der Waals surface area (Å²) in [5.41, 5.74) is 9.18. The highest BCUT2D eigenvalue weighted by Gasteiger charge is 2.24. The molecule has 0 saturated carbocycles. The highest BCUT2D eigenvalue weighted by molar-refractivity contribution is 5.90. The molecule has 0 radical (unpaired) electrons. The van der Waals surface area contributed by atoms with Gasteiger partial charge in [0, 0.05) is 37.4 Å². The number of nitrogens with zero attached hydrogens (tertiary/aromatic N) is 3. The van der Waals surface area contributed by atoms with E-state index in [2.05, 4.69) is 36.9 Å². The first-order valence-corrected chi connectivity index (χ1v) is 9.86. The Kier molecular flexibility index (Phi) is 6.60. The van der Waals surface area contributed by atoms with Crippen molar-refractivity contribution in [3.8, 4) is 6.07 Å². The Labute approximate surface area is 180 Å². The van der Waals surface area contributed by atoms with Crippen molar-refractivity contribution in [2.75, 3.05) is 36.0 Å². The van der Waals surface area contributed by atoms with Crippen molar-refractivity contribution < 1.29 is 13.9 Å². The van der Waals surface area contributed by atoms with E-state index in [-0.39, 0.29) is 23.4 Å². The average molecular weight is 424 g/mol. The number of aryl methyl sites for hydroxylation is 2. The minimum Gasteiger partial charge on any atom is -0.444 e. The van der Waals surface area contributed by atoms with Crippen LogP contribution in [0.2, 0.25) is 0 Å². The second-order valence-electron chi connectivity index (χ2n) is 7.48. The number of benzene rings is 2. The fourth-order valence-electron chi connectivity index (χ4n) is 3.73. The number of ether oxygens (including phenoxy) is 1. The van der Waals surface area contributed by atoms with Crippen molar-refractivity contribution >= 4 is 23.4 Å². The molecule has 0 unspecified atom stereocenters. The molecule has 31 heavy (non-hydrogen) atoms. The van der Waals surface area contributed by atoms with E-state index < -0.39 is 17.9 Å². The predicted octanol–water partition coefficient (Wildman–Crippen LogP) is 2.76. The fraction of sp³-hybridized carbons (Fsp3) is 0.318. The Morgan fingerprint density at radius 1 is 1.19 bits per heavy atom. The maximum atomic E-state index is 15.3. The van der Waals surface area contributed by atoms with Crippen molar-refractivity contribution in [3.05, 3.63) is 58.4 Å². The second-order valence-corrected chi connectivity index (χ2v) is 7.48. The van der Waals surface area contributed by atoms with Gasteiger partial charge in [0.25, 0.3) is 0 Å². The first-order chi connectivity index (χ1) is 14.8. The zero-order valence-electron chi connectivity index (χ0n) is 17.5. The van der Waals surface area contributed by atoms with Crippen LogP contribution in [-0.4, -0.2) is 38.2 Å². The van der Waals surface area contributed by atoms with Gasteiger partial charge in [-0.2, -0.15) is 5.26 Å². The van der Waals surface area contributed by atoms with Gasteiger partial charge in [0.05, 0.1) is 11.3 Å². The van der Waals surface area contributed by atoms with Crippen LogP contribution in [0.5, 0.6) is 0 Å². The Balaban J connectivity index is 1.75. The Morgan fingerprint density at radius 2 is 1.81 bits per heavy atom. The van der Waals surface area contributed by atoms with Crippen molar-refractivity contribution in [1.82, 2.24) is 5.32 Å². The minimum atomic E-state index is -0.945. The van der Waals surface area contributed by atoms with E-state index in [0.29, 0.717) is 26.2 Å².